The predicted octanol–water partition coefficient (Wildman–Crippen LogP) is 2.35. The average Bonchev–Trinajstić information content (AvgIpc) is 2.01. The molecular formula is C8H15ClO2. The molecule has 0 saturated heterocycles. The Morgan fingerprint density at radius 1 is 1.45 bits per heavy atom. The van der Waals surface area contributed by atoms with E-state index < -0.39 is 0 Å². The van der Waals surface area contributed by atoms with Crippen molar-refractivity contribution < 1.29 is 9.53 Å². The molecule has 66 valence electrons. The van der Waals surface area contributed by atoms with Crippen molar-refractivity contribution in [1.82, 2.24) is 0 Å². The molecule has 0 N–H and O–H groups in total. The number of esters is 1. The molecule has 0 aliphatic heterocycles. The number of rotatable bonds is 6. The number of carbonyl (C=O) groups is 1. The number of unbranched alkanes of at least 4 members (excludes halogenated alkanes) is 2. The normalized spacial score (nSPS) is 9.64. The fourth-order valence-corrected chi connectivity index (χ4v) is 0.821. The third-order valence-electron chi connectivity index (χ3n) is 1.32. The van der Waals surface area contributed by atoms with Crippen molar-refractivity contribution in [2.45, 2.75) is 32.6 Å². The first-order valence-corrected chi connectivity index (χ1v) is 4.56. The molecule has 0 saturated carbocycles. The minimum Gasteiger partial charge on any atom is -0.464 e. The molecule has 0 heterocycles. The first kappa shape index (κ1) is 10.8. The Labute approximate surface area is 72.9 Å². The number of hydrogen-bond acceptors (Lipinski definition) is 2. The lowest BCUT2D eigenvalue weighted by Gasteiger charge is -2.00. The van der Waals surface area contributed by atoms with Gasteiger partial charge in [0.05, 0.1) is 5.88 Å². The SMILES string of the molecule is CCCCCC(=O)OCCCl. The maximum Gasteiger partial charge on any atom is 0.305 e. The average molecular weight is 179 g/mol. The van der Waals surface area contributed by atoms with Gasteiger partial charge in [0.2, 0.25) is 0 Å². The van der Waals surface area contributed by atoms with Crippen LogP contribution in [0.4, 0.5) is 0 Å². The molecule has 0 aliphatic rings. The molecule has 0 aromatic rings. The Bertz CT molecular complexity index is 104. The fraction of sp³-hybridized carbons (Fsp3) is 0.875. The van der Waals surface area contributed by atoms with Gasteiger partial charge in [0.1, 0.15) is 6.61 Å². The van der Waals surface area contributed by atoms with E-state index in [1.165, 1.54) is 0 Å². The van der Waals surface area contributed by atoms with Gasteiger partial charge in [-0.25, -0.2) is 0 Å². The van der Waals surface area contributed by atoms with Gasteiger partial charge in [0, 0.05) is 6.42 Å². The van der Waals surface area contributed by atoms with E-state index in [0.29, 0.717) is 18.9 Å². The number of halogens is 1. The van der Waals surface area contributed by atoms with Crippen LogP contribution in [0.25, 0.3) is 0 Å². The van der Waals surface area contributed by atoms with Crippen LogP contribution in [0.1, 0.15) is 32.6 Å². The molecule has 11 heavy (non-hydrogen) atoms. The molecule has 0 rings (SSSR count). The minimum atomic E-state index is -0.126. The number of hydrogen-bond donors (Lipinski definition) is 0. The molecule has 0 aliphatic carbocycles. The summed E-state index contributed by atoms with van der Waals surface area (Å²) in [5.41, 5.74) is 0. The molecule has 0 radical (unpaired) electrons. The summed E-state index contributed by atoms with van der Waals surface area (Å²) < 4.78 is 4.77. The molecular weight excluding hydrogens is 164 g/mol. The first-order valence-electron chi connectivity index (χ1n) is 4.02. The van der Waals surface area contributed by atoms with Crippen LogP contribution in [0, 0.1) is 0 Å². The molecule has 0 aromatic carbocycles. The summed E-state index contributed by atoms with van der Waals surface area (Å²) in [5, 5.41) is 0. The summed E-state index contributed by atoms with van der Waals surface area (Å²) in [6.45, 7) is 2.44. The Balaban J connectivity index is 3.09. The highest BCUT2D eigenvalue weighted by Gasteiger charge is 1.99. The lowest BCUT2D eigenvalue weighted by molar-refractivity contribution is -0.143. The second kappa shape index (κ2) is 7.86. The number of alkyl halides is 1. The summed E-state index contributed by atoms with van der Waals surface area (Å²) in [6, 6.07) is 0. The van der Waals surface area contributed by atoms with E-state index in [2.05, 4.69) is 6.92 Å². The summed E-state index contributed by atoms with van der Waals surface area (Å²) in [6.07, 6.45) is 3.68. The first-order chi connectivity index (χ1) is 5.31. The van der Waals surface area contributed by atoms with Crippen LogP contribution in [-0.2, 0) is 9.53 Å². The van der Waals surface area contributed by atoms with Gasteiger partial charge in [-0.2, -0.15) is 0 Å². The Kier molecular flexibility index (Phi) is 7.69. The van der Waals surface area contributed by atoms with Crippen LogP contribution in [0.2, 0.25) is 0 Å². The molecule has 0 atom stereocenters. The van der Waals surface area contributed by atoms with Crippen molar-refractivity contribution in [3.8, 4) is 0 Å². The van der Waals surface area contributed by atoms with Crippen molar-refractivity contribution in [3.05, 3.63) is 0 Å². The highest BCUT2D eigenvalue weighted by atomic mass is 35.5. The standard InChI is InChI=1S/C8H15ClO2/c1-2-3-4-5-8(10)11-7-6-9/h2-7H2,1H3. The Hall–Kier alpha value is -0.240. The molecule has 2 nitrogen and oxygen atoms in total. The van der Waals surface area contributed by atoms with E-state index >= 15 is 0 Å². The summed E-state index contributed by atoms with van der Waals surface area (Å²) in [5.74, 6) is 0.263. The van der Waals surface area contributed by atoms with Crippen molar-refractivity contribution in [2.75, 3.05) is 12.5 Å². The van der Waals surface area contributed by atoms with E-state index in [1.807, 2.05) is 0 Å². The topological polar surface area (TPSA) is 26.3 Å². The van der Waals surface area contributed by atoms with Gasteiger partial charge in [-0.05, 0) is 6.42 Å². The lowest BCUT2D eigenvalue weighted by atomic mass is 10.2. The van der Waals surface area contributed by atoms with Crippen LogP contribution >= 0.6 is 11.6 Å². The highest BCUT2D eigenvalue weighted by molar-refractivity contribution is 6.18. The molecule has 0 amide bonds. The number of carbonyl (C=O) groups excluding carboxylic acids is 1. The highest BCUT2D eigenvalue weighted by Crippen LogP contribution is 2.00. The zero-order valence-corrected chi connectivity index (χ0v) is 7.69. The molecule has 0 bridgehead atoms. The van der Waals surface area contributed by atoms with Crippen LogP contribution in [-0.4, -0.2) is 18.5 Å². The maximum absolute atomic E-state index is 10.8. The largest absolute Gasteiger partial charge is 0.464 e. The summed E-state index contributed by atoms with van der Waals surface area (Å²) in [4.78, 5) is 10.8. The van der Waals surface area contributed by atoms with E-state index in [4.69, 9.17) is 16.3 Å². The Morgan fingerprint density at radius 3 is 2.73 bits per heavy atom. The van der Waals surface area contributed by atoms with Crippen LogP contribution in [0.15, 0.2) is 0 Å². The number of ether oxygens (including phenoxy) is 1. The van der Waals surface area contributed by atoms with Gasteiger partial charge in [0.15, 0.2) is 0 Å². The quantitative estimate of drug-likeness (QED) is 0.355. The third kappa shape index (κ3) is 7.66. The zero-order valence-electron chi connectivity index (χ0n) is 6.94. The summed E-state index contributed by atoms with van der Waals surface area (Å²) >= 11 is 5.33. The van der Waals surface area contributed by atoms with E-state index in [9.17, 15) is 4.79 Å². The van der Waals surface area contributed by atoms with E-state index in [1.54, 1.807) is 0 Å². The van der Waals surface area contributed by atoms with Gasteiger partial charge in [-0.3, -0.25) is 4.79 Å². The van der Waals surface area contributed by atoms with Crippen LogP contribution in [0.3, 0.4) is 0 Å². The smallest absolute Gasteiger partial charge is 0.305 e. The zero-order chi connectivity index (χ0) is 8.53. The van der Waals surface area contributed by atoms with E-state index in [-0.39, 0.29) is 5.97 Å². The van der Waals surface area contributed by atoms with Crippen LogP contribution < -0.4 is 0 Å². The van der Waals surface area contributed by atoms with Gasteiger partial charge in [0.25, 0.3) is 0 Å². The van der Waals surface area contributed by atoms with Crippen LogP contribution in [0.5, 0.6) is 0 Å². The maximum atomic E-state index is 10.8. The Morgan fingerprint density at radius 2 is 2.18 bits per heavy atom. The molecule has 0 aromatic heterocycles. The van der Waals surface area contributed by atoms with Crippen molar-refractivity contribution in [3.63, 3.8) is 0 Å². The molecule has 0 unspecified atom stereocenters. The summed E-state index contributed by atoms with van der Waals surface area (Å²) in [7, 11) is 0. The van der Waals surface area contributed by atoms with Crippen molar-refractivity contribution in [1.29, 1.82) is 0 Å². The monoisotopic (exact) mass is 178 g/mol. The third-order valence-corrected chi connectivity index (χ3v) is 1.48. The lowest BCUT2D eigenvalue weighted by Crippen LogP contribution is -2.05. The van der Waals surface area contributed by atoms with Crippen molar-refractivity contribution in [2.24, 2.45) is 0 Å². The minimum absolute atomic E-state index is 0.126. The predicted molar refractivity (Wildman–Crippen MR) is 45.8 cm³/mol. The second-order valence-corrected chi connectivity index (χ2v) is 2.74. The van der Waals surface area contributed by atoms with Gasteiger partial charge >= 0.3 is 5.97 Å². The molecule has 0 fully saturated rings. The fourth-order valence-electron chi connectivity index (χ4n) is 0.744. The van der Waals surface area contributed by atoms with Crippen molar-refractivity contribution >= 4 is 17.6 Å². The molecule has 0 spiro atoms. The van der Waals surface area contributed by atoms with Gasteiger partial charge in [-0.1, -0.05) is 19.8 Å². The molecule has 3 heteroatoms. The van der Waals surface area contributed by atoms with Gasteiger partial charge < -0.3 is 4.74 Å². The second-order valence-electron chi connectivity index (χ2n) is 2.37. The van der Waals surface area contributed by atoms with Gasteiger partial charge in [-0.15, -0.1) is 11.6 Å². The van der Waals surface area contributed by atoms with E-state index in [0.717, 1.165) is 19.3 Å².